The molecule has 0 fully saturated rings. The Morgan fingerprint density at radius 3 is 2.89 bits per heavy atom. The first-order valence-corrected chi connectivity index (χ1v) is 10.2. The summed E-state index contributed by atoms with van der Waals surface area (Å²) in [6, 6.07) is 7.85. The molecule has 0 bridgehead atoms. The second-order valence-corrected chi connectivity index (χ2v) is 8.55. The monoisotopic (exact) mass is 420 g/mol. The van der Waals surface area contributed by atoms with E-state index in [0.29, 0.717) is 31.1 Å². The number of imidazole rings is 1. The standard InChI is InChI=1S/C18H14ClFN4OS2/c19-16-5-4-14(26-16)17(25)24(8-1-7-23-9-6-21-11-23)18-22-13-3-2-12(20)10-15(13)27-18/h2-6,9-11H,1,7-8H2. The van der Waals surface area contributed by atoms with Crippen LogP contribution in [0, 0.1) is 5.82 Å². The lowest BCUT2D eigenvalue weighted by Crippen LogP contribution is -2.31. The average Bonchev–Trinajstić information content (AvgIpc) is 3.38. The predicted octanol–water partition coefficient (Wildman–Crippen LogP) is 5.08. The zero-order chi connectivity index (χ0) is 18.8. The number of fused-ring (bicyclic) bond motifs is 1. The van der Waals surface area contributed by atoms with Crippen LogP contribution in [-0.4, -0.2) is 27.0 Å². The largest absolute Gasteiger partial charge is 0.337 e. The van der Waals surface area contributed by atoms with Gasteiger partial charge in [-0.1, -0.05) is 22.9 Å². The van der Waals surface area contributed by atoms with Gasteiger partial charge >= 0.3 is 0 Å². The molecule has 27 heavy (non-hydrogen) atoms. The quantitative estimate of drug-likeness (QED) is 0.437. The molecular weight excluding hydrogens is 407 g/mol. The van der Waals surface area contributed by atoms with Gasteiger partial charge in [0, 0.05) is 25.5 Å². The summed E-state index contributed by atoms with van der Waals surface area (Å²) in [5, 5.41) is 0.552. The van der Waals surface area contributed by atoms with E-state index in [2.05, 4.69) is 9.97 Å². The van der Waals surface area contributed by atoms with Crippen molar-refractivity contribution in [2.45, 2.75) is 13.0 Å². The molecule has 3 heterocycles. The Kier molecular flexibility index (Phi) is 5.20. The van der Waals surface area contributed by atoms with Gasteiger partial charge in [0.2, 0.25) is 0 Å². The lowest BCUT2D eigenvalue weighted by molar-refractivity contribution is 0.0990. The number of aryl methyl sites for hydroxylation is 1. The van der Waals surface area contributed by atoms with Gasteiger partial charge in [0.1, 0.15) is 5.82 Å². The second kappa shape index (κ2) is 7.75. The van der Waals surface area contributed by atoms with E-state index in [1.165, 1.54) is 34.8 Å². The van der Waals surface area contributed by atoms with Gasteiger partial charge in [-0.3, -0.25) is 9.69 Å². The summed E-state index contributed by atoms with van der Waals surface area (Å²) >= 11 is 8.53. The minimum atomic E-state index is -0.319. The summed E-state index contributed by atoms with van der Waals surface area (Å²) in [4.78, 5) is 23.8. The Morgan fingerprint density at radius 2 is 2.15 bits per heavy atom. The molecule has 9 heteroatoms. The van der Waals surface area contributed by atoms with Crippen LogP contribution in [-0.2, 0) is 6.54 Å². The maximum Gasteiger partial charge on any atom is 0.270 e. The molecule has 138 valence electrons. The van der Waals surface area contributed by atoms with Gasteiger partial charge in [0.05, 0.1) is 25.8 Å². The number of carbonyl (C=O) groups is 1. The van der Waals surface area contributed by atoms with Crippen molar-refractivity contribution in [1.82, 2.24) is 14.5 Å². The molecule has 0 unspecified atom stereocenters. The average molecular weight is 421 g/mol. The van der Waals surface area contributed by atoms with E-state index in [1.54, 1.807) is 35.6 Å². The molecule has 1 amide bonds. The summed E-state index contributed by atoms with van der Waals surface area (Å²) < 4.78 is 16.7. The molecule has 0 aliphatic heterocycles. The van der Waals surface area contributed by atoms with E-state index in [1.807, 2.05) is 10.8 Å². The normalized spacial score (nSPS) is 11.2. The van der Waals surface area contributed by atoms with Crippen LogP contribution in [0.3, 0.4) is 0 Å². The number of halogens is 2. The highest BCUT2D eigenvalue weighted by Crippen LogP contribution is 2.32. The van der Waals surface area contributed by atoms with Gasteiger partial charge in [-0.2, -0.15) is 0 Å². The van der Waals surface area contributed by atoms with Gasteiger partial charge in [-0.25, -0.2) is 14.4 Å². The third-order valence-corrected chi connectivity index (χ3v) is 6.22. The molecule has 0 N–H and O–H groups in total. The molecule has 0 spiro atoms. The SMILES string of the molecule is O=C(c1ccc(Cl)s1)N(CCCn1ccnc1)c1nc2ccc(F)cc2s1. The van der Waals surface area contributed by atoms with Crippen LogP contribution in [0.15, 0.2) is 49.1 Å². The number of rotatable bonds is 6. The number of nitrogens with zero attached hydrogens (tertiary/aromatic N) is 4. The Morgan fingerprint density at radius 1 is 1.26 bits per heavy atom. The third kappa shape index (κ3) is 4.02. The van der Waals surface area contributed by atoms with Crippen LogP contribution >= 0.6 is 34.3 Å². The molecule has 1 aromatic carbocycles. The molecule has 0 saturated carbocycles. The van der Waals surface area contributed by atoms with E-state index in [9.17, 15) is 9.18 Å². The first kappa shape index (κ1) is 18.1. The highest BCUT2D eigenvalue weighted by atomic mass is 35.5. The topological polar surface area (TPSA) is 51.0 Å². The van der Waals surface area contributed by atoms with Crippen LogP contribution in [0.25, 0.3) is 10.2 Å². The van der Waals surface area contributed by atoms with Crippen LogP contribution < -0.4 is 4.90 Å². The van der Waals surface area contributed by atoms with Gasteiger partial charge in [-0.05, 0) is 36.8 Å². The molecule has 4 rings (SSSR count). The number of hydrogen-bond donors (Lipinski definition) is 0. The summed E-state index contributed by atoms with van der Waals surface area (Å²) in [6.45, 7) is 1.21. The maximum atomic E-state index is 13.5. The fourth-order valence-corrected chi connectivity index (χ4v) is 4.69. The Bertz CT molecular complexity index is 1080. The van der Waals surface area contributed by atoms with Gasteiger partial charge in [-0.15, -0.1) is 11.3 Å². The van der Waals surface area contributed by atoms with Crippen LogP contribution in [0.4, 0.5) is 9.52 Å². The van der Waals surface area contributed by atoms with Crippen molar-refractivity contribution in [2.75, 3.05) is 11.4 Å². The fraction of sp³-hybridized carbons (Fsp3) is 0.167. The molecule has 0 saturated heterocycles. The minimum absolute atomic E-state index is 0.156. The zero-order valence-corrected chi connectivity index (χ0v) is 16.4. The summed E-state index contributed by atoms with van der Waals surface area (Å²) in [6.07, 6.45) is 6.07. The van der Waals surface area contributed by atoms with Gasteiger partial charge in [0.15, 0.2) is 5.13 Å². The molecular formula is C18H14ClFN4OS2. The van der Waals surface area contributed by atoms with Crippen molar-refractivity contribution in [3.05, 3.63) is 64.1 Å². The van der Waals surface area contributed by atoms with Gasteiger partial charge < -0.3 is 4.57 Å². The molecule has 5 nitrogen and oxygen atoms in total. The lowest BCUT2D eigenvalue weighted by Gasteiger charge is -2.19. The minimum Gasteiger partial charge on any atom is -0.337 e. The summed E-state index contributed by atoms with van der Waals surface area (Å²) in [5.74, 6) is -0.474. The Balaban J connectivity index is 1.62. The van der Waals surface area contributed by atoms with Crippen LogP contribution in [0.2, 0.25) is 4.34 Å². The first-order valence-electron chi connectivity index (χ1n) is 8.19. The van der Waals surface area contributed by atoms with Crippen molar-refractivity contribution < 1.29 is 9.18 Å². The van der Waals surface area contributed by atoms with Gasteiger partial charge in [0.25, 0.3) is 5.91 Å². The van der Waals surface area contributed by atoms with E-state index < -0.39 is 0 Å². The highest BCUT2D eigenvalue weighted by molar-refractivity contribution is 7.22. The number of anilines is 1. The van der Waals surface area contributed by atoms with E-state index in [-0.39, 0.29) is 11.7 Å². The number of amides is 1. The number of aromatic nitrogens is 3. The Labute approximate surface area is 167 Å². The molecule has 3 aromatic heterocycles. The molecule has 0 radical (unpaired) electrons. The Hall–Kier alpha value is -2.29. The molecule has 4 aromatic rings. The first-order chi connectivity index (χ1) is 13.1. The van der Waals surface area contributed by atoms with Crippen molar-refractivity contribution in [3.8, 4) is 0 Å². The lowest BCUT2D eigenvalue weighted by atomic mass is 10.3. The summed E-state index contributed by atoms with van der Waals surface area (Å²) in [5.41, 5.74) is 0.674. The number of thiophene rings is 1. The fourth-order valence-electron chi connectivity index (χ4n) is 2.68. The molecule has 0 aliphatic rings. The smallest absolute Gasteiger partial charge is 0.270 e. The van der Waals surface area contributed by atoms with E-state index in [0.717, 1.165) is 13.0 Å². The number of hydrogen-bond acceptors (Lipinski definition) is 5. The highest BCUT2D eigenvalue weighted by Gasteiger charge is 2.22. The predicted molar refractivity (Wildman–Crippen MR) is 107 cm³/mol. The van der Waals surface area contributed by atoms with Crippen molar-refractivity contribution in [2.24, 2.45) is 0 Å². The maximum absolute atomic E-state index is 13.5. The van der Waals surface area contributed by atoms with E-state index in [4.69, 9.17) is 11.6 Å². The van der Waals surface area contributed by atoms with Crippen molar-refractivity contribution >= 4 is 55.5 Å². The number of carbonyl (C=O) groups excluding carboxylic acids is 1. The summed E-state index contributed by atoms with van der Waals surface area (Å²) in [7, 11) is 0. The number of thiazole rings is 1. The number of benzene rings is 1. The molecule has 0 aliphatic carbocycles. The zero-order valence-electron chi connectivity index (χ0n) is 14.0. The van der Waals surface area contributed by atoms with Crippen LogP contribution in [0.5, 0.6) is 0 Å². The van der Waals surface area contributed by atoms with Crippen LogP contribution in [0.1, 0.15) is 16.1 Å². The van der Waals surface area contributed by atoms with Crippen molar-refractivity contribution in [1.29, 1.82) is 0 Å². The van der Waals surface area contributed by atoms with Crippen molar-refractivity contribution in [3.63, 3.8) is 0 Å². The van der Waals surface area contributed by atoms with E-state index >= 15 is 0 Å². The molecule has 0 atom stereocenters. The second-order valence-electron chi connectivity index (χ2n) is 5.82. The third-order valence-electron chi connectivity index (χ3n) is 3.96.